The Kier molecular flexibility index (Phi) is 8.66. The molecule has 0 unspecified atom stereocenters. The van der Waals surface area contributed by atoms with Crippen molar-refractivity contribution in [2.75, 3.05) is 31.1 Å². The molecule has 38 heavy (non-hydrogen) atoms. The number of hydrogen-bond acceptors (Lipinski definition) is 6. The zero-order valence-electron chi connectivity index (χ0n) is 20.7. The number of piperazine rings is 1. The van der Waals surface area contributed by atoms with Crippen molar-refractivity contribution in [1.82, 2.24) is 15.1 Å². The standard InChI is InChI=1S/C17H15F3N4O3.C9H11NO/c18-17(19,20)12-4-2-1-3-11(12)15(25)24-9-7-23(8-10-24)13-5-6-21-22-14(13)16(26)27;1-6-4-3-5-7(2)8(6)9(10)11/h1-6H,7-10H2,(H,26,27);3-5H,1-2H3,(H2,10,11). The van der Waals surface area contributed by atoms with Crippen LogP contribution in [0.25, 0.3) is 0 Å². The van der Waals surface area contributed by atoms with E-state index < -0.39 is 29.2 Å². The van der Waals surface area contributed by atoms with Gasteiger partial charge < -0.3 is 20.6 Å². The quantitative estimate of drug-likeness (QED) is 0.529. The molecule has 12 heteroatoms. The van der Waals surface area contributed by atoms with Crippen LogP contribution in [0.3, 0.4) is 0 Å². The highest BCUT2D eigenvalue weighted by Gasteiger charge is 2.36. The Balaban J connectivity index is 0.000000304. The summed E-state index contributed by atoms with van der Waals surface area (Å²) in [5.74, 6) is -2.27. The number of carboxylic acids is 1. The van der Waals surface area contributed by atoms with E-state index in [1.165, 1.54) is 29.3 Å². The van der Waals surface area contributed by atoms with E-state index in [9.17, 15) is 32.7 Å². The summed E-state index contributed by atoms with van der Waals surface area (Å²) in [4.78, 5) is 37.7. The zero-order chi connectivity index (χ0) is 28.0. The number of benzene rings is 2. The molecule has 0 saturated carbocycles. The predicted molar refractivity (Wildman–Crippen MR) is 133 cm³/mol. The maximum absolute atomic E-state index is 13.1. The molecule has 1 aliphatic rings. The van der Waals surface area contributed by atoms with Gasteiger partial charge in [0.1, 0.15) is 0 Å². The molecule has 2 amide bonds. The normalized spacial score (nSPS) is 13.4. The van der Waals surface area contributed by atoms with Crippen molar-refractivity contribution in [3.8, 4) is 0 Å². The Hall–Kier alpha value is -4.48. The Labute approximate surface area is 216 Å². The molecule has 0 radical (unpaired) electrons. The third-order valence-corrected chi connectivity index (χ3v) is 6.00. The molecule has 1 aromatic heterocycles. The lowest BCUT2D eigenvalue weighted by atomic mass is 10.0. The Morgan fingerprint density at radius 2 is 1.53 bits per heavy atom. The monoisotopic (exact) mass is 529 g/mol. The fourth-order valence-corrected chi connectivity index (χ4v) is 4.17. The van der Waals surface area contributed by atoms with Crippen molar-refractivity contribution in [2.45, 2.75) is 20.0 Å². The number of amides is 2. The molecule has 4 rings (SSSR count). The highest BCUT2D eigenvalue weighted by atomic mass is 19.4. The third-order valence-electron chi connectivity index (χ3n) is 6.00. The van der Waals surface area contributed by atoms with Crippen LogP contribution in [0.4, 0.5) is 18.9 Å². The Morgan fingerprint density at radius 3 is 2.05 bits per heavy atom. The Morgan fingerprint density at radius 1 is 0.921 bits per heavy atom. The molecule has 0 bridgehead atoms. The van der Waals surface area contributed by atoms with Gasteiger partial charge in [-0.2, -0.15) is 18.3 Å². The molecule has 2 heterocycles. The second kappa shape index (κ2) is 11.7. The number of aromatic carboxylic acids is 1. The first-order valence-electron chi connectivity index (χ1n) is 11.5. The van der Waals surface area contributed by atoms with Crippen molar-refractivity contribution in [3.05, 3.63) is 88.2 Å². The topological polar surface area (TPSA) is 130 Å². The average molecular weight is 530 g/mol. The van der Waals surface area contributed by atoms with Crippen LogP contribution >= 0.6 is 0 Å². The number of rotatable bonds is 4. The van der Waals surface area contributed by atoms with E-state index in [2.05, 4.69) is 10.2 Å². The Bertz CT molecular complexity index is 1320. The molecule has 200 valence electrons. The molecule has 1 aliphatic heterocycles. The van der Waals surface area contributed by atoms with Crippen molar-refractivity contribution in [1.29, 1.82) is 0 Å². The van der Waals surface area contributed by atoms with E-state index in [4.69, 9.17) is 5.73 Å². The second-order valence-corrected chi connectivity index (χ2v) is 8.52. The van der Waals surface area contributed by atoms with Gasteiger partial charge in [-0.3, -0.25) is 9.59 Å². The number of anilines is 1. The minimum Gasteiger partial charge on any atom is -0.476 e. The van der Waals surface area contributed by atoms with E-state index >= 15 is 0 Å². The molecular weight excluding hydrogens is 503 g/mol. The maximum atomic E-state index is 13.1. The fraction of sp³-hybridized carbons (Fsp3) is 0.269. The average Bonchev–Trinajstić information content (AvgIpc) is 2.88. The van der Waals surface area contributed by atoms with Crippen molar-refractivity contribution in [2.24, 2.45) is 5.73 Å². The largest absolute Gasteiger partial charge is 0.476 e. The molecule has 3 aromatic rings. The fourth-order valence-electron chi connectivity index (χ4n) is 4.17. The van der Waals surface area contributed by atoms with Gasteiger partial charge in [0, 0.05) is 31.7 Å². The van der Waals surface area contributed by atoms with Gasteiger partial charge in [0.25, 0.3) is 5.91 Å². The van der Waals surface area contributed by atoms with Gasteiger partial charge in [0.05, 0.1) is 23.0 Å². The maximum Gasteiger partial charge on any atom is 0.417 e. The van der Waals surface area contributed by atoms with Gasteiger partial charge in [0.15, 0.2) is 5.69 Å². The number of alkyl halides is 3. The van der Waals surface area contributed by atoms with E-state index in [-0.39, 0.29) is 37.8 Å². The summed E-state index contributed by atoms with van der Waals surface area (Å²) >= 11 is 0. The molecule has 1 saturated heterocycles. The van der Waals surface area contributed by atoms with Crippen LogP contribution < -0.4 is 10.6 Å². The summed E-state index contributed by atoms with van der Waals surface area (Å²) in [6.45, 7) is 4.62. The van der Waals surface area contributed by atoms with Crippen LogP contribution in [0.1, 0.15) is 47.9 Å². The molecule has 0 atom stereocenters. The number of halogens is 3. The van der Waals surface area contributed by atoms with Crippen molar-refractivity contribution >= 4 is 23.5 Å². The number of hydrogen-bond donors (Lipinski definition) is 2. The first kappa shape index (κ1) is 28.1. The van der Waals surface area contributed by atoms with Crippen LogP contribution in [0.15, 0.2) is 54.7 Å². The third kappa shape index (κ3) is 6.44. The van der Waals surface area contributed by atoms with E-state index in [1.807, 2.05) is 32.0 Å². The highest BCUT2D eigenvalue weighted by Crippen LogP contribution is 2.32. The summed E-state index contributed by atoms with van der Waals surface area (Å²) in [5, 5.41) is 16.3. The zero-order valence-corrected chi connectivity index (χ0v) is 20.7. The summed E-state index contributed by atoms with van der Waals surface area (Å²) in [5.41, 5.74) is 6.50. The van der Waals surface area contributed by atoms with Crippen LogP contribution in [-0.2, 0) is 6.18 Å². The SMILES string of the molecule is Cc1cccc(C)c1C(N)=O.O=C(O)c1nnccc1N1CCN(C(=O)c2ccccc2C(F)(F)F)CC1. The van der Waals surface area contributed by atoms with Crippen LogP contribution in [0, 0.1) is 13.8 Å². The van der Waals surface area contributed by atoms with Crippen molar-refractivity contribution < 1.29 is 32.7 Å². The van der Waals surface area contributed by atoms with E-state index in [0.717, 1.165) is 23.3 Å². The van der Waals surface area contributed by atoms with Gasteiger partial charge in [-0.1, -0.05) is 30.3 Å². The van der Waals surface area contributed by atoms with Gasteiger partial charge in [-0.25, -0.2) is 4.79 Å². The molecule has 1 fully saturated rings. The summed E-state index contributed by atoms with van der Waals surface area (Å²) < 4.78 is 39.4. The van der Waals surface area contributed by atoms with Gasteiger partial charge in [-0.15, -0.1) is 5.10 Å². The molecule has 3 N–H and O–H groups in total. The summed E-state index contributed by atoms with van der Waals surface area (Å²) in [6.07, 6.45) is -3.26. The van der Waals surface area contributed by atoms with Crippen LogP contribution in [0.2, 0.25) is 0 Å². The number of carboxylic acid groups (broad SMARTS) is 1. The van der Waals surface area contributed by atoms with E-state index in [0.29, 0.717) is 11.3 Å². The molecular formula is C26H26F3N5O4. The second-order valence-electron chi connectivity index (χ2n) is 8.52. The number of primary amides is 1. The van der Waals surface area contributed by atoms with E-state index in [1.54, 1.807) is 4.90 Å². The molecule has 9 nitrogen and oxygen atoms in total. The number of nitrogens with two attached hydrogens (primary N) is 1. The van der Waals surface area contributed by atoms with Gasteiger partial charge in [-0.05, 0) is 43.2 Å². The smallest absolute Gasteiger partial charge is 0.417 e. The number of aromatic nitrogens is 2. The highest BCUT2D eigenvalue weighted by molar-refractivity contribution is 5.96. The lowest BCUT2D eigenvalue weighted by Gasteiger charge is -2.36. The van der Waals surface area contributed by atoms with Crippen LogP contribution in [-0.4, -0.2) is 64.2 Å². The van der Waals surface area contributed by atoms with Gasteiger partial charge in [0.2, 0.25) is 5.91 Å². The number of carbonyl (C=O) groups is 3. The van der Waals surface area contributed by atoms with Gasteiger partial charge >= 0.3 is 12.1 Å². The minimum absolute atomic E-state index is 0.159. The number of nitrogens with zero attached hydrogens (tertiary/aromatic N) is 4. The van der Waals surface area contributed by atoms with Crippen LogP contribution in [0.5, 0.6) is 0 Å². The summed E-state index contributed by atoms with van der Waals surface area (Å²) in [7, 11) is 0. The number of aryl methyl sites for hydroxylation is 2. The first-order valence-corrected chi connectivity index (χ1v) is 11.5. The molecule has 2 aromatic carbocycles. The van der Waals surface area contributed by atoms with Crippen molar-refractivity contribution in [3.63, 3.8) is 0 Å². The minimum atomic E-state index is -4.62. The predicted octanol–water partition coefficient (Wildman–Crippen LogP) is 3.56. The first-order chi connectivity index (χ1) is 17.9. The summed E-state index contributed by atoms with van der Waals surface area (Å²) in [6, 6.07) is 11.9. The lowest BCUT2D eigenvalue weighted by Crippen LogP contribution is -2.49. The molecule has 0 spiro atoms. The number of carbonyl (C=O) groups excluding carboxylic acids is 2. The molecule has 0 aliphatic carbocycles. The lowest BCUT2D eigenvalue weighted by molar-refractivity contribution is -0.138.